The Bertz CT molecular complexity index is 2270. The molecule has 0 aliphatic carbocycles. The van der Waals surface area contributed by atoms with Crippen molar-refractivity contribution < 1.29 is 71.4 Å². The fraction of sp³-hybridized carbons (Fsp3) is 0.483. The highest BCUT2D eigenvalue weighted by Crippen LogP contribution is 2.33. The Morgan fingerprint density at radius 3 is 1.22 bits per heavy atom. The van der Waals surface area contributed by atoms with E-state index in [1.807, 2.05) is 112 Å². The van der Waals surface area contributed by atoms with E-state index in [-0.39, 0.29) is 64.3 Å². The van der Waals surface area contributed by atoms with Crippen LogP contribution in [0, 0.1) is 16.2 Å². The molecule has 0 bridgehead atoms. The molecule has 1 aliphatic heterocycles. The highest BCUT2D eigenvalue weighted by Gasteiger charge is 2.28. The van der Waals surface area contributed by atoms with Gasteiger partial charge in [0.05, 0.1) is 22.9 Å². The van der Waals surface area contributed by atoms with E-state index < -0.39 is 34.2 Å². The summed E-state index contributed by atoms with van der Waals surface area (Å²) in [4.78, 5) is 70.2. The number of esters is 6. The summed E-state index contributed by atoms with van der Waals surface area (Å²) in [6.45, 7) is 22.1. The third kappa shape index (κ3) is 24.9. The number of rotatable bonds is 26. The molecule has 0 fully saturated rings. The Morgan fingerprint density at radius 1 is 0.452 bits per heavy atom. The summed E-state index contributed by atoms with van der Waals surface area (Å²) in [5, 5.41) is 0. The van der Waals surface area contributed by atoms with Crippen molar-refractivity contribution in [3.8, 4) is 17.2 Å². The fourth-order valence-corrected chi connectivity index (χ4v) is 5.48. The Hall–Kier alpha value is -6.90. The van der Waals surface area contributed by atoms with E-state index in [4.69, 9.17) is 42.6 Å². The van der Waals surface area contributed by atoms with Crippen molar-refractivity contribution in [3.05, 3.63) is 107 Å². The SMILES string of the molecule is CCC(C)(C)C(=O)OCCOC(=O)/C=C/c1ccc2c(c1)OCO2.CCCOc1ccc(/C=C/C(=O)OCCOC(=O)C(C)(C)CC)cc1.CCCc1ccc(/C=C/C(=O)OCCOC(=O)C(C)(C)CC)cc1. The van der Waals surface area contributed by atoms with Gasteiger partial charge in [-0.05, 0) is 138 Å². The molecule has 4 rings (SSSR count). The van der Waals surface area contributed by atoms with Crippen LogP contribution in [0.1, 0.15) is 131 Å². The minimum Gasteiger partial charge on any atom is -0.494 e. The van der Waals surface area contributed by atoms with Gasteiger partial charge in [0.25, 0.3) is 0 Å². The van der Waals surface area contributed by atoms with Gasteiger partial charge in [-0.15, -0.1) is 0 Å². The summed E-state index contributed by atoms with van der Waals surface area (Å²) in [7, 11) is 0. The quantitative estimate of drug-likeness (QED) is 0.0320. The molecule has 0 unspecified atom stereocenters. The molecule has 0 spiro atoms. The van der Waals surface area contributed by atoms with E-state index in [2.05, 4.69) is 19.1 Å². The lowest BCUT2D eigenvalue weighted by Crippen LogP contribution is -2.27. The molecule has 3 aromatic rings. The summed E-state index contributed by atoms with van der Waals surface area (Å²) in [5.74, 6) is -0.136. The van der Waals surface area contributed by atoms with Gasteiger partial charge in [-0.1, -0.05) is 83.5 Å². The number of hydrogen-bond acceptors (Lipinski definition) is 15. The second-order valence-corrected chi connectivity index (χ2v) is 18.6. The van der Waals surface area contributed by atoms with Crippen LogP contribution in [0.25, 0.3) is 18.2 Å². The molecule has 0 saturated carbocycles. The maximum Gasteiger partial charge on any atom is 0.330 e. The van der Waals surface area contributed by atoms with Crippen LogP contribution in [0.4, 0.5) is 0 Å². The number of carbonyl (C=O) groups is 6. The topological polar surface area (TPSA) is 185 Å². The Labute approximate surface area is 432 Å². The molecule has 1 aliphatic rings. The van der Waals surface area contributed by atoms with Crippen molar-refractivity contribution in [2.75, 3.05) is 53.0 Å². The molecule has 0 radical (unpaired) electrons. The Balaban J connectivity index is 0.000000375. The van der Waals surface area contributed by atoms with Crippen LogP contribution >= 0.6 is 0 Å². The lowest BCUT2D eigenvalue weighted by atomic mass is 9.91. The first kappa shape index (κ1) is 62.2. The first-order valence-corrected chi connectivity index (χ1v) is 25.0. The molecule has 0 N–H and O–H groups in total. The van der Waals surface area contributed by atoms with Crippen LogP contribution in [-0.2, 0) is 63.6 Å². The summed E-state index contributed by atoms with van der Waals surface area (Å²) >= 11 is 0. The average Bonchev–Trinajstić information content (AvgIpc) is 3.87. The van der Waals surface area contributed by atoms with Crippen molar-refractivity contribution in [1.82, 2.24) is 0 Å². The van der Waals surface area contributed by atoms with Gasteiger partial charge in [0.2, 0.25) is 6.79 Å². The van der Waals surface area contributed by atoms with Gasteiger partial charge in [0.1, 0.15) is 45.4 Å². The van der Waals surface area contributed by atoms with E-state index in [1.165, 1.54) is 23.8 Å². The average molecular weight is 1020 g/mol. The first-order chi connectivity index (χ1) is 34.7. The summed E-state index contributed by atoms with van der Waals surface area (Å²) in [5.41, 5.74) is 2.36. The third-order valence-electron chi connectivity index (χ3n) is 11.5. The Kier molecular flexibility index (Phi) is 28.1. The highest BCUT2D eigenvalue weighted by molar-refractivity contribution is 5.88. The number of aryl methyl sites for hydroxylation is 1. The van der Waals surface area contributed by atoms with E-state index in [1.54, 1.807) is 30.4 Å². The van der Waals surface area contributed by atoms with Gasteiger partial charge in [-0.3, -0.25) is 14.4 Å². The van der Waals surface area contributed by atoms with Crippen molar-refractivity contribution >= 4 is 54.0 Å². The van der Waals surface area contributed by atoms with Crippen LogP contribution in [0.2, 0.25) is 0 Å². The van der Waals surface area contributed by atoms with Crippen molar-refractivity contribution in [2.45, 2.75) is 115 Å². The van der Waals surface area contributed by atoms with Gasteiger partial charge in [-0.2, -0.15) is 0 Å². The number of fused-ring (bicyclic) bond motifs is 1. The van der Waals surface area contributed by atoms with Gasteiger partial charge in [0.15, 0.2) is 11.5 Å². The molecular weight excluding hydrogens is 937 g/mol. The number of ether oxygens (including phenoxy) is 9. The highest BCUT2D eigenvalue weighted by atomic mass is 16.7. The van der Waals surface area contributed by atoms with E-state index in [0.29, 0.717) is 37.4 Å². The lowest BCUT2D eigenvalue weighted by Gasteiger charge is -2.20. The van der Waals surface area contributed by atoms with E-state index >= 15 is 0 Å². The minimum atomic E-state index is -0.525. The van der Waals surface area contributed by atoms with Crippen molar-refractivity contribution in [2.24, 2.45) is 16.2 Å². The van der Waals surface area contributed by atoms with E-state index in [0.717, 1.165) is 41.7 Å². The molecule has 400 valence electrons. The molecule has 15 nitrogen and oxygen atoms in total. The van der Waals surface area contributed by atoms with Gasteiger partial charge < -0.3 is 42.6 Å². The number of hydrogen-bond donors (Lipinski definition) is 0. The predicted molar refractivity (Wildman–Crippen MR) is 280 cm³/mol. The largest absolute Gasteiger partial charge is 0.494 e. The zero-order valence-corrected chi connectivity index (χ0v) is 44.8. The van der Waals surface area contributed by atoms with Crippen LogP contribution in [0.15, 0.2) is 85.0 Å². The van der Waals surface area contributed by atoms with Gasteiger partial charge in [-0.25, -0.2) is 14.4 Å². The number of carbonyl (C=O) groups excluding carboxylic acids is 6. The predicted octanol–water partition coefficient (Wildman–Crippen LogP) is 11.1. The first-order valence-electron chi connectivity index (χ1n) is 25.0. The fourth-order valence-electron chi connectivity index (χ4n) is 5.48. The lowest BCUT2D eigenvalue weighted by molar-refractivity contribution is -0.158. The van der Waals surface area contributed by atoms with Crippen molar-refractivity contribution in [1.29, 1.82) is 0 Å². The van der Waals surface area contributed by atoms with Crippen LogP contribution in [0.3, 0.4) is 0 Å². The van der Waals surface area contributed by atoms with Gasteiger partial charge >= 0.3 is 35.8 Å². The molecule has 0 aromatic heterocycles. The molecule has 0 atom stereocenters. The smallest absolute Gasteiger partial charge is 0.330 e. The second kappa shape index (κ2) is 32.9. The van der Waals surface area contributed by atoms with Crippen LogP contribution < -0.4 is 14.2 Å². The van der Waals surface area contributed by atoms with Gasteiger partial charge in [0, 0.05) is 18.2 Å². The molecule has 0 saturated heterocycles. The summed E-state index contributed by atoms with van der Waals surface area (Å²) < 4.78 is 46.3. The van der Waals surface area contributed by atoms with Crippen molar-refractivity contribution in [3.63, 3.8) is 0 Å². The zero-order chi connectivity index (χ0) is 54.3. The maximum absolute atomic E-state index is 11.8. The summed E-state index contributed by atoms with van der Waals surface area (Å²) in [6, 6.07) is 20.9. The molecule has 15 heteroatoms. The summed E-state index contributed by atoms with van der Waals surface area (Å²) in [6.07, 6.45) is 14.2. The minimum absolute atomic E-state index is 0.0237. The van der Waals surface area contributed by atoms with E-state index in [9.17, 15) is 28.8 Å². The molecule has 3 aromatic carbocycles. The second-order valence-electron chi connectivity index (χ2n) is 18.6. The van der Waals surface area contributed by atoms with Crippen LogP contribution in [-0.4, -0.2) is 88.9 Å². The monoisotopic (exact) mass is 1010 g/mol. The molecule has 1 heterocycles. The molecular formula is C58H78O15. The maximum atomic E-state index is 11.8. The zero-order valence-electron chi connectivity index (χ0n) is 44.8. The Morgan fingerprint density at radius 2 is 0.822 bits per heavy atom. The molecule has 0 amide bonds. The van der Waals surface area contributed by atoms with Crippen LogP contribution in [0.5, 0.6) is 17.2 Å². The normalized spacial score (nSPS) is 12.0. The third-order valence-corrected chi connectivity index (χ3v) is 11.5. The molecule has 73 heavy (non-hydrogen) atoms. The standard InChI is InChI=1S/C20H28O5.C20H28O4.C18H22O6/c1-5-13-23-17-10-7-16(8-11-17)9-12-18(21)24-14-15-25-19(22)20(3,4)6-2;1-5-7-16-8-10-17(11-9-16)12-13-18(21)23-14-15-24-19(22)20(3,4)6-2;1-4-18(2,3)17(20)22-10-9-21-16(19)8-6-13-5-7-14-15(11-13)24-12-23-14/h7-12H,5-6,13-15H2,1-4H3;8-13H,5-7,14-15H2,1-4H3;5-8,11H,4,9-10,12H2,1-3H3/b12-9+;13-12+;8-6+. The number of benzene rings is 3.